The topological polar surface area (TPSA) is 21.3 Å². The molecule has 94 valence electrons. The molecule has 2 aromatic carbocycles. The van der Waals surface area contributed by atoms with Crippen molar-refractivity contribution in [1.82, 2.24) is 5.48 Å². The number of benzene rings is 2. The van der Waals surface area contributed by atoms with E-state index in [4.69, 9.17) is 4.84 Å². The molecule has 2 nitrogen and oxygen atoms in total. The maximum absolute atomic E-state index is 5.47. The first-order chi connectivity index (χ1) is 8.70. The van der Waals surface area contributed by atoms with Crippen molar-refractivity contribution in [3.05, 3.63) is 60.2 Å². The number of nitrogens with one attached hydrogen (secondary N) is 1. The summed E-state index contributed by atoms with van der Waals surface area (Å²) in [6, 6.07) is 14.9. The third-order valence-electron chi connectivity index (χ3n) is 3.04. The van der Waals surface area contributed by atoms with Crippen molar-refractivity contribution < 1.29 is 4.84 Å². The molecule has 0 aliphatic rings. The standard InChI is InChI=1S/C16H19NO/c1-12(2)16(18-17-3)11-13-8-9-14-6-4-5-7-15(14)10-13/h4-10,16-17H,1,11H2,2-3H3. The first-order valence-corrected chi connectivity index (χ1v) is 6.16. The quantitative estimate of drug-likeness (QED) is 0.639. The fourth-order valence-electron chi connectivity index (χ4n) is 2.04. The molecule has 0 saturated heterocycles. The van der Waals surface area contributed by atoms with E-state index in [-0.39, 0.29) is 6.10 Å². The van der Waals surface area contributed by atoms with Gasteiger partial charge in [-0.25, -0.2) is 5.48 Å². The van der Waals surface area contributed by atoms with E-state index in [1.807, 2.05) is 6.92 Å². The fourth-order valence-corrected chi connectivity index (χ4v) is 2.04. The van der Waals surface area contributed by atoms with E-state index in [0.29, 0.717) is 0 Å². The minimum atomic E-state index is 0.0103. The van der Waals surface area contributed by atoms with Gasteiger partial charge in [-0.3, -0.25) is 4.84 Å². The van der Waals surface area contributed by atoms with Crippen LogP contribution >= 0.6 is 0 Å². The van der Waals surface area contributed by atoms with Crippen LogP contribution in [0.2, 0.25) is 0 Å². The lowest BCUT2D eigenvalue weighted by Gasteiger charge is -2.17. The molecular formula is C16H19NO. The van der Waals surface area contributed by atoms with Gasteiger partial charge >= 0.3 is 0 Å². The van der Waals surface area contributed by atoms with Gasteiger partial charge in [0.1, 0.15) is 6.10 Å². The number of hydrogen-bond acceptors (Lipinski definition) is 2. The molecule has 1 atom stereocenters. The second-order valence-corrected chi connectivity index (χ2v) is 4.54. The van der Waals surface area contributed by atoms with Gasteiger partial charge in [0, 0.05) is 13.5 Å². The zero-order valence-corrected chi connectivity index (χ0v) is 10.9. The van der Waals surface area contributed by atoms with Crippen molar-refractivity contribution in [2.75, 3.05) is 7.05 Å². The summed E-state index contributed by atoms with van der Waals surface area (Å²) in [5.74, 6) is 0. The summed E-state index contributed by atoms with van der Waals surface area (Å²) in [6.45, 7) is 5.96. The first-order valence-electron chi connectivity index (χ1n) is 6.16. The summed E-state index contributed by atoms with van der Waals surface area (Å²) in [4.78, 5) is 5.47. The molecule has 2 rings (SSSR count). The highest BCUT2D eigenvalue weighted by Gasteiger charge is 2.11. The Kier molecular flexibility index (Phi) is 4.13. The lowest BCUT2D eigenvalue weighted by atomic mass is 10.0. The van der Waals surface area contributed by atoms with Crippen molar-refractivity contribution >= 4 is 10.8 Å². The van der Waals surface area contributed by atoms with Gasteiger partial charge in [-0.1, -0.05) is 49.0 Å². The molecule has 1 N–H and O–H groups in total. The highest BCUT2D eigenvalue weighted by molar-refractivity contribution is 5.83. The van der Waals surface area contributed by atoms with Crippen LogP contribution in [0.3, 0.4) is 0 Å². The Bertz CT molecular complexity index is 548. The zero-order chi connectivity index (χ0) is 13.0. The molecule has 0 heterocycles. The molecular weight excluding hydrogens is 222 g/mol. The Balaban J connectivity index is 2.22. The van der Waals surface area contributed by atoms with Crippen molar-refractivity contribution in [1.29, 1.82) is 0 Å². The lowest BCUT2D eigenvalue weighted by Crippen LogP contribution is -2.23. The SMILES string of the molecule is C=C(C)C(Cc1ccc2ccccc2c1)ONC. The maximum atomic E-state index is 5.47. The Morgan fingerprint density at radius 1 is 1.22 bits per heavy atom. The Morgan fingerprint density at radius 3 is 2.61 bits per heavy atom. The van der Waals surface area contributed by atoms with Crippen LogP contribution in [0, 0.1) is 0 Å². The summed E-state index contributed by atoms with van der Waals surface area (Å²) < 4.78 is 0. The second-order valence-electron chi connectivity index (χ2n) is 4.54. The molecule has 0 aliphatic heterocycles. The third kappa shape index (κ3) is 2.97. The molecule has 18 heavy (non-hydrogen) atoms. The predicted octanol–water partition coefficient (Wildman–Crippen LogP) is 3.48. The highest BCUT2D eigenvalue weighted by atomic mass is 16.7. The van der Waals surface area contributed by atoms with Crippen LogP contribution in [0.25, 0.3) is 10.8 Å². The van der Waals surface area contributed by atoms with Crippen LogP contribution in [-0.4, -0.2) is 13.2 Å². The number of hydroxylamine groups is 1. The van der Waals surface area contributed by atoms with Crippen LogP contribution in [0.5, 0.6) is 0 Å². The van der Waals surface area contributed by atoms with Crippen molar-refractivity contribution in [2.24, 2.45) is 0 Å². The van der Waals surface area contributed by atoms with Crippen LogP contribution in [0.4, 0.5) is 0 Å². The van der Waals surface area contributed by atoms with Gasteiger partial charge in [-0.15, -0.1) is 0 Å². The molecule has 0 bridgehead atoms. The van der Waals surface area contributed by atoms with E-state index >= 15 is 0 Å². The van der Waals surface area contributed by atoms with E-state index in [2.05, 4.69) is 54.5 Å². The summed E-state index contributed by atoms with van der Waals surface area (Å²) >= 11 is 0. The Morgan fingerprint density at radius 2 is 1.94 bits per heavy atom. The number of hydrogen-bond donors (Lipinski definition) is 1. The Hall–Kier alpha value is -1.64. The third-order valence-corrected chi connectivity index (χ3v) is 3.04. The van der Waals surface area contributed by atoms with Crippen LogP contribution in [0.1, 0.15) is 12.5 Å². The molecule has 2 heteroatoms. The largest absolute Gasteiger partial charge is 0.294 e. The smallest absolute Gasteiger partial charge is 0.103 e. The Labute approximate surface area is 108 Å². The van der Waals surface area contributed by atoms with Crippen molar-refractivity contribution in [3.63, 3.8) is 0 Å². The van der Waals surface area contributed by atoms with Gasteiger partial charge in [-0.2, -0.15) is 0 Å². The van der Waals surface area contributed by atoms with Crippen molar-refractivity contribution in [2.45, 2.75) is 19.4 Å². The van der Waals surface area contributed by atoms with Gasteiger partial charge < -0.3 is 0 Å². The summed E-state index contributed by atoms with van der Waals surface area (Å²) in [5.41, 5.74) is 5.03. The molecule has 0 amide bonds. The fraction of sp³-hybridized carbons (Fsp3) is 0.250. The van der Waals surface area contributed by atoms with Gasteiger partial charge in [-0.05, 0) is 28.8 Å². The average molecular weight is 241 g/mol. The molecule has 0 spiro atoms. The summed E-state index contributed by atoms with van der Waals surface area (Å²) in [5, 5.41) is 2.53. The molecule has 0 saturated carbocycles. The van der Waals surface area contributed by atoms with E-state index in [0.717, 1.165) is 12.0 Å². The van der Waals surface area contributed by atoms with E-state index in [1.54, 1.807) is 7.05 Å². The monoisotopic (exact) mass is 241 g/mol. The molecule has 2 aromatic rings. The average Bonchev–Trinajstić information content (AvgIpc) is 2.38. The van der Waals surface area contributed by atoms with E-state index in [9.17, 15) is 0 Å². The van der Waals surface area contributed by atoms with Crippen LogP contribution in [0.15, 0.2) is 54.6 Å². The van der Waals surface area contributed by atoms with Crippen LogP contribution in [-0.2, 0) is 11.3 Å². The van der Waals surface area contributed by atoms with Gasteiger partial charge in [0.05, 0.1) is 0 Å². The maximum Gasteiger partial charge on any atom is 0.103 e. The minimum Gasteiger partial charge on any atom is -0.294 e. The number of rotatable bonds is 5. The lowest BCUT2D eigenvalue weighted by molar-refractivity contribution is 0.00945. The van der Waals surface area contributed by atoms with Gasteiger partial charge in [0.2, 0.25) is 0 Å². The van der Waals surface area contributed by atoms with Crippen LogP contribution < -0.4 is 5.48 Å². The van der Waals surface area contributed by atoms with Gasteiger partial charge in [0.15, 0.2) is 0 Å². The minimum absolute atomic E-state index is 0.0103. The highest BCUT2D eigenvalue weighted by Crippen LogP contribution is 2.18. The first kappa shape index (κ1) is 12.8. The summed E-state index contributed by atoms with van der Waals surface area (Å²) in [6.07, 6.45) is 0.845. The summed E-state index contributed by atoms with van der Waals surface area (Å²) in [7, 11) is 1.77. The normalized spacial score (nSPS) is 12.6. The molecule has 0 radical (unpaired) electrons. The molecule has 0 fully saturated rings. The predicted molar refractivity (Wildman–Crippen MR) is 76.4 cm³/mol. The van der Waals surface area contributed by atoms with E-state index in [1.165, 1.54) is 16.3 Å². The van der Waals surface area contributed by atoms with E-state index < -0.39 is 0 Å². The number of fused-ring (bicyclic) bond motifs is 1. The van der Waals surface area contributed by atoms with Gasteiger partial charge in [0.25, 0.3) is 0 Å². The second kappa shape index (κ2) is 5.80. The molecule has 1 unspecified atom stereocenters. The zero-order valence-electron chi connectivity index (χ0n) is 10.9. The molecule has 0 aliphatic carbocycles. The molecule has 0 aromatic heterocycles. The van der Waals surface area contributed by atoms with Crippen molar-refractivity contribution in [3.8, 4) is 0 Å².